The van der Waals surface area contributed by atoms with E-state index in [0.717, 1.165) is 6.07 Å². The molecule has 0 aliphatic carbocycles. The topological polar surface area (TPSA) is 44.0 Å². The second kappa shape index (κ2) is 3.75. The summed E-state index contributed by atoms with van der Waals surface area (Å²) in [5.74, 6) is -1.34. The van der Waals surface area contributed by atoms with Crippen molar-refractivity contribution < 1.29 is 9.50 Å². The smallest absolute Gasteiger partial charge is 0.166 e. The fourth-order valence-corrected chi connectivity index (χ4v) is 1.19. The Labute approximate surface area is 81.2 Å². The Bertz CT molecular complexity index is 444. The van der Waals surface area contributed by atoms with Gasteiger partial charge in [-0.2, -0.15) is 5.26 Å². The number of nitriles is 1. The van der Waals surface area contributed by atoms with Crippen molar-refractivity contribution in [3.63, 3.8) is 0 Å². The van der Waals surface area contributed by atoms with Crippen LogP contribution in [0.2, 0.25) is 0 Å². The van der Waals surface area contributed by atoms with Crippen LogP contribution in [-0.2, 0) is 0 Å². The zero-order chi connectivity index (χ0) is 10.7. The molecule has 0 amide bonds. The van der Waals surface area contributed by atoms with E-state index in [-0.39, 0.29) is 11.1 Å². The van der Waals surface area contributed by atoms with Crippen LogP contribution < -0.4 is 0 Å². The van der Waals surface area contributed by atoms with Crippen molar-refractivity contribution in [2.45, 2.75) is 0 Å². The van der Waals surface area contributed by atoms with Crippen molar-refractivity contribution in [3.05, 3.63) is 41.7 Å². The van der Waals surface area contributed by atoms with Crippen molar-refractivity contribution in [1.82, 2.24) is 0 Å². The van der Waals surface area contributed by atoms with Crippen LogP contribution in [0.15, 0.2) is 19.2 Å². The van der Waals surface area contributed by atoms with Gasteiger partial charge in [-0.15, -0.1) is 0 Å². The highest BCUT2D eigenvalue weighted by atomic mass is 19.1. The largest absolute Gasteiger partial charge is 0.504 e. The fraction of sp³-hybridized carbons (Fsp3) is 0. The minimum atomic E-state index is -0.831. The summed E-state index contributed by atoms with van der Waals surface area (Å²) in [6.07, 6.45) is 2.67. The van der Waals surface area contributed by atoms with Gasteiger partial charge in [0.1, 0.15) is 0 Å². The molecule has 2 nitrogen and oxygen atoms in total. The van der Waals surface area contributed by atoms with Crippen molar-refractivity contribution in [2.24, 2.45) is 0 Å². The van der Waals surface area contributed by atoms with Gasteiger partial charge in [-0.05, 0) is 6.07 Å². The van der Waals surface area contributed by atoms with Crippen LogP contribution in [0, 0.1) is 17.1 Å². The molecule has 0 saturated heterocycles. The molecule has 0 bridgehead atoms. The summed E-state index contributed by atoms with van der Waals surface area (Å²) < 4.78 is 13.0. The molecule has 3 heteroatoms. The van der Waals surface area contributed by atoms with Crippen LogP contribution in [0.4, 0.5) is 4.39 Å². The molecule has 1 aromatic carbocycles. The number of phenolic OH excluding ortho intramolecular Hbond substituents is 1. The minimum absolute atomic E-state index is 0.130. The highest BCUT2D eigenvalue weighted by Gasteiger charge is 2.13. The number of rotatable bonds is 2. The Hall–Kier alpha value is -2.08. The predicted molar refractivity (Wildman–Crippen MR) is 53.0 cm³/mol. The molecular weight excluding hydrogens is 181 g/mol. The third-order valence-corrected chi connectivity index (χ3v) is 1.86. The number of hydrogen-bond acceptors (Lipinski definition) is 2. The van der Waals surface area contributed by atoms with Crippen LogP contribution >= 0.6 is 0 Å². The molecule has 0 aliphatic heterocycles. The molecule has 1 aromatic rings. The first kappa shape index (κ1) is 10.0. The lowest BCUT2D eigenvalue weighted by Gasteiger charge is -2.06. The summed E-state index contributed by atoms with van der Waals surface area (Å²) >= 11 is 0. The Morgan fingerprint density at radius 1 is 1.36 bits per heavy atom. The molecule has 0 fully saturated rings. The van der Waals surface area contributed by atoms with Crippen LogP contribution in [0.5, 0.6) is 5.75 Å². The second-order valence-electron chi connectivity index (χ2n) is 2.60. The van der Waals surface area contributed by atoms with E-state index in [1.165, 1.54) is 12.2 Å². The number of hydrogen-bond donors (Lipinski definition) is 1. The molecule has 70 valence electrons. The van der Waals surface area contributed by atoms with Gasteiger partial charge in [0.25, 0.3) is 0 Å². The Kier molecular flexibility index (Phi) is 2.68. The van der Waals surface area contributed by atoms with Crippen LogP contribution in [0.3, 0.4) is 0 Å². The SMILES string of the molecule is C=Cc1c(C#N)cc(F)c(O)c1C=C. The number of halogens is 1. The number of aromatic hydroxyl groups is 1. The molecule has 1 N–H and O–H groups in total. The van der Waals surface area contributed by atoms with E-state index in [1.807, 2.05) is 6.07 Å². The maximum Gasteiger partial charge on any atom is 0.166 e. The predicted octanol–water partition coefficient (Wildman–Crippen LogP) is 2.69. The van der Waals surface area contributed by atoms with E-state index in [2.05, 4.69) is 13.2 Å². The number of phenols is 1. The quantitative estimate of drug-likeness (QED) is 0.777. The van der Waals surface area contributed by atoms with Gasteiger partial charge in [0, 0.05) is 11.1 Å². The molecule has 0 aliphatic rings. The highest BCUT2D eigenvalue weighted by molar-refractivity contribution is 5.73. The first-order chi connectivity index (χ1) is 6.65. The van der Waals surface area contributed by atoms with Crippen molar-refractivity contribution in [1.29, 1.82) is 5.26 Å². The van der Waals surface area contributed by atoms with E-state index in [1.54, 1.807) is 0 Å². The maximum atomic E-state index is 13.0. The molecule has 0 aromatic heterocycles. The summed E-state index contributed by atoms with van der Waals surface area (Å²) in [5.41, 5.74) is 0.711. The van der Waals surface area contributed by atoms with E-state index in [9.17, 15) is 9.50 Å². The Morgan fingerprint density at radius 2 is 1.93 bits per heavy atom. The average molecular weight is 189 g/mol. The third-order valence-electron chi connectivity index (χ3n) is 1.86. The Morgan fingerprint density at radius 3 is 2.36 bits per heavy atom. The zero-order valence-corrected chi connectivity index (χ0v) is 7.42. The number of nitrogens with zero attached hydrogens (tertiary/aromatic N) is 1. The van der Waals surface area contributed by atoms with Crippen molar-refractivity contribution >= 4 is 12.2 Å². The van der Waals surface area contributed by atoms with Crippen molar-refractivity contribution in [2.75, 3.05) is 0 Å². The van der Waals surface area contributed by atoms with Gasteiger partial charge in [0.05, 0.1) is 11.6 Å². The molecule has 0 saturated carbocycles. The van der Waals surface area contributed by atoms with Gasteiger partial charge >= 0.3 is 0 Å². The van der Waals surface area contributed by atoms with Gasteiger partial charge < -0.3 is 5.11 Å². The highest BCUT2D eigenvalue weighted by Crippen LogP contribution is 2.29. The van der Waals surface area contributed by atoms with Crippen LogP contribution in [0.25, 0.3) is 12.2 Å². The van der Waals surface area contributed by atoms with Crippen LogP contribution in [0.1, 0.15) is 16.7 Å². The van der Waals surface area contributed by atoms with E-state index < -0.39 is 11.6 Å². The molecule has 0 heterocycles. The van der Waals surface area contributed by atoms with Gasteiger partial charge in [-0.1, -0.05) is 25.3 Å². The molecule has 14 heavy (non-hydrogen) atoms. The fourth-order valence-electron chi connectivity index (χ4n) is 1.19. The summed E-state index contributed by atoms with van der Waals surface area (Å²) in [4.78, 5) is 0. The minimum Gasteiger partial charge on any atom is -0.504 e. The van der Waals surface area contributed by atoms with E-state index >= 15 is 0 Å². The lowest BCUT2D eigenvalue weighted by atomic mass is 10.0. The van der Waals surface area contributed by atoms with E-state index in [0.29, 0.717) is 5.56 Å². The zero-order valence-electron chi connectivity index (χ0n) is 7.42. The lowest BCUT2D eigenvalue weighted by molar-refractivity contribution is 0.431. The third kappa shape index (κ3) is 1.38. The summed E-state index contributed by atoms with van der Waals surface area (Å²) in [7, 11) is 0. The Balaban J connectivity index is 3.68. The summed E-state index contributed by atoms with van der Waals surface area (Å²) in [6.45, 7) is 6.92. The molecule has 0 unspecified atom stereocenters. The molecule has 0 spiro atoms. The first-order valence-electron chi connectivity index (χ1n) is 3.86. The van der Waals surface area contributed by atoms with Gasteiger partial charge in [-0.3, -0.25) is 0 Å². The van der Waals surface area contributed by atoms with Gasteiger partial charge in [0.2, 0.25) is 0 Å². The van der Waals surface area contributed by atoms with Crippen LogP contribution in [-0.4, -0.2) is 5.11 Å². The standard InChI is InChI=1S/C11H8FNO/c1-3-8-7(6-13)5-10(12)11(14)9(8)4-2/h3-5,14H,1-2H2. The first-order valence-corrected chi connectivity index (χ1v) is 3.86. The van der Waals surface area contributed by atoms with Gasteiger partial charge in [0.15, 0.2) is 11.6 Å². The molecule has 0 radical (unpaired) electrons. The van der Waals surface area contributed by atoms with Gasteiger partial charge in [-0.25, -0.2) is 4.39 Å². The lowest BCUT2D eigenvalue weighted by Crippen LogP contribution is -1.91. The summed E-state index contributed by atoms with van der Waals surface area (Å²) in [6, 6.07) is 2.79. The molecule has 0 atom stereocenters. The van der Waals surface area contributed by atoms with E-state index in [4.69, 9.17) is 5.26 Å². The number of benzene rings is 1. The molecule has 1 rings (SSSR count). The maximum absolute atomic E-state index is 13.0. The average Bonchev–Trinajstić information content (AvgIpc) is 2.20. The summed E-state index contributed by atoms with van der Waals surface area (Å²) in [5, 5.41) is 18.0. The second-order valence-corrected chi connectivity index (χ2v) is 2.60. The van der Waals surface area contributed by atoms with Crippen molar-refractivity contribution in [3.8, 4) is 11.8 Å². The molecular formula is C11H8FNO. The monoisotopic (exact) mass is 189 g/mol. The normalized spacial score (nSPS) is 9.14.